The number of H-pyrrole nitrogens is 1. The van der Waals surface area contributed by atoms with E-state index in [1.54, 1.807) is 14.0 Å². The van der Waals surface area contributed by atoms with Crippen LogP contribution in [-0.4, -0.2) is 39.5 Å². The van der Waals surface area contributed by atoms with Crippen LogP contribution in [0, 0.1) is 6.92 Å². The van der Waals surface area contributed by atoms with Gasteiger partial charge in [0.2, 0.25) is 0 Å². The van der Waals surface area contributed by atoms with Crippen LogP contribution in [-0.2, 0) is 4.74 Å². The number of aryl methyl sites for hydroxylation is 1. The Morgan fingerprint density at radius 3 is 2.90 bits per heavy atom. The number of ether oxygens (including phenoxy) is 1. The lowest BCUT2D eigenvalue weighted by Gasteiger charge is -2.27. The predicted octanol–water partition coefficient (Wildman–Crippen LogP) is 1.83. The molecule has 7 heteroatoms. The summed E-state index contributed by atoms with van der Waals surface area (Å²) in [5.41, 5.74) is -0.0673. The zero-order chi connectivity index (χ0) is 14.7. The van der Waals surface area contributed by atoms with Crippen LogP contribution in [0.25, 0.3) is 0 Å². The van der Waals surface area contributed by atoms with E-state index in [-0.39, 0.29) is 16.9 Å². The summed E-state index contributed by atoms with van der Waals surface area (Å²) < 4.78 is 5.37. The lowest BCUT2D eigenvalue weighted by Crippen LogP contribution is -2.25. The Labute approximate surface area is 121 Å². The fraction of sp³-hybridized carbons (Fsp3) is 0.615. The summed E-state index contributed by atoms with van der Waals surface area (Å²) in [7, 11) is 1.69. The highest BCUT2D eigenvalue weighted by Gasteiger charge is 2.26. The quantitative estimate of drug-likeness (QED) is 0.824. The van der Waals surface area contributed by atoms with Gasteiger partial charge in [-0.25, -0.2) is 9.59 Å². The molecule has 2 N–H and O–H groups in total. The van der Waals surface area contributed by atoms with Gasteiger partial charge in [0.05, 0.1) is 6.10 Å². The molecule has 1 aromatic heterocycles. The maximum Gasteiger partial charge on any atom is 0.346 e. The SMILES string of the molecule is COC1CCCC(Sc2nc(=O)[nH]c(C)c2C(=O)O)C1. The van der Waals surface area contributed by atoms with E-state index >= 15 is 0 Å². The number of methoxy groups -OCH3 is 1. The summed E-state index contributed by atoms with van der Waals surface area (Å²) in [4.78, 5) is 29.0. The molecular weight excluding hydrogens is 280 g/mol. The highest BCUT2D eigenvalue weighted by molar-refractivity contribution is 7.99. The summed E-state index contributed by atoms with van der Waals surface area (Å²) >= 11 is 1.37. The lowest BCUT2D eigenvalue weighted by atomic mass is 9.97. The Morgan fingerprint density at radius 1 is 1.50 bits per heavy atom. The van der Waals surface area contributed by atoms with Crippen molar-refractivity contribution in [2.75, 3.05) is 7.11 Å². The number of carboxylic acids is 1. The molecule has 1 saturated carbocycles. The van der Waals surface area contributed by atoms with Crippen molar-refractivity contribution in [3.05, 3.63) is 21.7 Å². The number of hydrogen-bond donors (Lipinski definition) is 2. The zero-order valence-electron chi connectivity index (χ0n) is 11.5. The Hall–Kier alpha value is -1.34. The van der Waals surface area contributed by atoms with Gasteiger partial charge in [0.25, 0.3) is 0 Å². The van der Waals surface area contributed by atoms with Crippen LogP contribution in [0.15, 0.2) is 9.82 Å². The third kappa shape index (κ3) is 3.40. The Bertz CT molecular complexity index is 558. The average molecular weight is 298 g/mol. The number of aromatic nitrogens is 2. The molecule has 1 aliphatic carbocycles. The molecule has 2 rings (SSSR count). The first-order valence-electron chi connectivity index (χ1n) is 6.55. The van der Waals surface area contributed by atoms with Crippen LogP contribution >= 0.6 is 11.8 Å². The summed E-state index contributed by atoms with van der Waals surface area (Å²) in [6.07, 6.45) is 4.12. The molecular formula is C13H18N2O4S. The lowest BCUT2D eigenvalue weighted by molar-refractivity contribution is 0.0690. The van der Waals surface area contributed by atoms with Crippen LogP contribution < -0.4 is 5.69 Å². The third-order valence-corrected chi connectivity index (χ3v) is 4.77. The van der Waals surface area contributed by atoms with Gasteiger partial charge in [-0.15, -0.1) is 11.8 Å². The number of carboxylic acid groups (broad SMARTS) is 1. The minimum Gasteiger partial charge on any atom is -0.478 e. The summed E-state index contributed by atoms with van der Waals surface area (Å²) in [6.45, 7) is 1.58. The molecule has 1 aromatic rings. The number of carbonyl (C=O) groups is 1. The van der Waals surface area contributed by atoms with Crippen LogP contribution in [0.3, 0.4) is 0 Å². The van der Waals surface area contributed by atoms with E-state index in [2.05, 4.69) is 9.97 Å². The van der Waals surface area contributed by atoms with E-state index in [9.17, 15) is 14.7 Å². The maximum absolute atomic E-state index is 11.5. The number of rotatable bonds is 4. The molecule has 0 aliphatic heterocycles. The molecule has 6 nitrogen and oxygen atoms in total. The molecule has 0 spiro atoms. The minimum absolute atomic E-state index is 0.0918. The van der Waals surface area contributed by atoms with Crippen molar-refractivity contribution in [1.29, 1.82) is 0 Å². The van der Waals surface area contributed by atoms with Gasteiger partial charge < -0.3 is 14.8 Å². The number of nitrogens with one attached hydrogen (secondary N) is 1. The molecule has 20 heavy (non-hydrogen) atoms. The monoisotopic (exact) mass is 298 g/mol. The number of hydrogen-bond acceptors (Lipinski definition) is 5. The van der Waals surface area contributed by atoms with Crippen molar-refractivity contribution in [3.63, 3.8) is 0 Å². The van der Waals surface area contributed by atoms with Crippen molar-refractivity contribution < 1.29 is 14.6 Å². The molecule has 0 bridgehead atoms. The Balaban J connectivity index is 2.24. The predicted molar refractivity (Wildman–Crippen MR) is 75.5 cm³/mol. The second kappa shape index (κ2) is 6.41. The molecule has 2 unspecified atom stereocenters. The minimum atomic E-state index is -1.06. The van der Waals surface area contributed by atoms with Gasteiger partial charge >= 0.3 is 11.7 Å². The van der Waals surface area contributed by atoms with E-state index in [1.807, 2.05) is 0 Å². The van der Waals surface area contributed by atoms with Gasteiger partial charge in [-0.3, -0.25) is 0 Å². The zero-order valence-corrected chi connectivity index (χ0v) is 12.3. The smallest absolute Gasteiger partial charge is 0.346 e. The van der Waals surface area contributed by atoms with Gasteiger partial charge in [-0.1, -0.05) is 0 Å². The topological polar surface area (TPSA) is 92.3 Å². The molecule has 1 aliphatic rings. The van der Waals surface area contributed by atoms with Crippen LogP contribution in [0.1, 0.15) is 41.7 Å². The molecule has 0 aromatic carbocycles. The van der Waals surface area contributed by atoms with Crippen molar-refractivity contribution in [3.8, 4) is 0 Å². The normalized spacial score (nSPS) is 22.7. The average Bonchev–Trinajstić information content (AvgIpc) is 2.37. The van der Waals surface area contributed by atoms with Crippen molar-refractivity contribution in [2.24, 2.45) is 0 Å². The van der Waals surface area contributed by atoms with Crippen LogP contribution in [0.4, 0.5) is 0 Å². The van der Waals surface area contributed by atoms with Crippen molar-refractivity contribution >= 4 is 17.7 Å². The van der Waals surface area contributed by atoms with E-state index < -0.39 is 11.7 Å². The van der Waals surface area contributed by atoms with E-state index in [0.29, 0.717) is 10.7 Å². The first-order chi connectivity index (χ1) is 9.51. The van der Waals surface area contributed by atoms with Gasteiger partial charge in [0.15, 0.2) is 0 Å². The van der Waals surface area contributed by atoms with Gasteiger partial charge in [0.1, 0.15) is 10.6 Å². The van der Waals surface area contributed by atoms with Crippen molar-refractivity contribution in [2.45, 2.75) is 49.0 Å². The van der Waals surface area contributed by atoms with Gasteiger partial charge in [-0.2, -0.15) is 4.98 Å². The van der Waals surface area contributed by atoms with Crippen LogP contribution in [0.2, 0.25) is 0 Å². The summed E-state index contributed by atoms with van der Waals surface area (Å²) in [5.74, 6) is -1.06. The fourth-order valence-corrected chi connectivity index (χ4v) is 3.88. The summed E-state index contributed by atoms with van der Waals surface area (Å²) in [6, 6.07) is 0. The van der Waals surface area contributed by atoms with E-state index in [0.717, 1.165) is 25.7 Å². The summed E-state index contributed by atoms with van der Waals surface area (Å²) in [5, 5.41) is 9.81. The molecule has 0 radical (unpaired) electrons. The molecule has 1 fully saturated rings. The second-order valence-corrected chi connectivity index (χ2v) is 6.21. The first-order valence-corrected chi connectivity index (χ1v) is 7.43. The second-order valence-electron chi connectivity index (χ2n) is 4.92. The Morgan fingerprint density at radius 2 is 2.25 bits per heavy atom. The van der Waals surface area contributed by atoms with Crippen LogP contribution in [0.5, 0.6) is 0 Å². The highest BCUT2D eigenvalue weighted by Crippen LogP contribution is 2.35. The Kier molecular flexibility index (Phi) is 4.82. The largest absolute Gasteiger partial charge is 0.478 e. The van der Waals surface area contributed by atoms with Gasteiger partial charge in [0, 0.05) is 18.1 Å². The van der Waals surface area contributed by atoms with Gasteiger partial charge in [-0.05, 0) is 32.6 Å². The molecule has 0 amide bonds. The standard InChI is InChI=1S/C13H18N2O4S/c1-7-10(12(16)17)11(15-13(18)14-7)20-9-5-3-4-8(6-9)19-2/h8-9H,3-6H2,1-2H3,(H,16,17)(H,14,15,18). The molecule has 0 saturated heterocycles. The maximum atomic E-state index is 11.5. The first kappa shape index (κ1) is 15.1. The number of thioether (sulfide) groups is 1. The number of aromatic carboxylic acids is 1. The van der Waals surface area contributed by atoms with E-state index in [4.69, 9.17) is 4.74 Å². The van der Waals surface area contributed by atoms with Crippen molar-refractivity contribution in [1.82, 2.24) is 9.97 Å². The molecule has 1 heterocycles. The van der Waals surface area contributed by atoms with E-state index in [1.165, 1.54) is 11.8 Å². The fourth-order valence-electron chi connectivity index (χ4n) is 2.48. The molecule has 2 atom stereocenters. The number of nitrogens with zero attached hydrogens (tertiary/aromatic N) is 1. The number of aromatic amines is 1. The molecule has 110 valence electrons. The third-order valence-electron chi connectivity index (χ3n) is 3.49. The highest BCUT2D eigenvalue weighted by atomic mass is 32.2.